The summed E-state index contributed by atoms with van der Waals surface area (Å²) >= 11 is 9.02. The van der Waals surface area contributed by atoms with Gasteiger partial charge in [-0.3, -0.25) is 4.90 Å². The number of alkyl halides is 3. The van der Waals surface area contributed by atoms with Gasteiger partial charge in [-0.2, -0.15) is 0 Å². The van der Waals surface area contributed by atoms with Crippen molar-refractivity contribution < 1.29 is 32.6 Å². The number of likely N-dealkylation sites (tertiary alicyclic amines) is 1. The Morgan fingerprint density at radius 3 is 2.26 bits per heavy atom. The molecule has 0 saturated carbocycles. The molecule has 31 heavy (non-hydrogen) atoms. The van der Waals surface area contributed by atoms with Crippen molar-refractivity contribution in [1.82, 2.24) is 14.7 Å². The van der Waals surface area contributed by atoms with Crippen LogP contribution in [0.15, 0.2) is 16.6 Å². The molecule has 3 rings (SSSR count). The van der Waals surface area contributed by atoms with Crippen LogP contribution in [0.3, 0.4) is 0 Å². The number of carbonyl (C=O) groups excluding carboxylic acids is 1. The highest BCUT2D eigenvalue weighted by atomic mass is 79.9. The third kappa shape index (κ3) is 6.30. The summed E-state index contributed by atoms with van der Waals surface area (Å²) in [4.78, 5) is 28.8. The number of carboxylic acid groups (broad SMARTS) is 1. The fourth-order valence-electron chi connectivity index (χ4n) is 3.73. The lowest BCUT2D eigenvalue weighted by Gasteiger charge is -2.42. The zero-order valence-corrected chi connectivity index (χ0v) is 18.6. The first-order chi connectivity index (χ1) is 14.5. The number of hydrogen-bond donors (Lipinski definition) is 2. The first-order valence-electron chi connectivity index (χ1n) is 9.56. The fraction of sp³-hybridized carbons (Fsp3) is 0.556. The predicted molar refractivity (Wildman–Crippen MR) is 111 cm³/mol. The van der Waals surface area contributed by atoms with Crippen LogP contribution >= 0.6 is 27.5 Å². The minimum Gasteiger partial charge on any atom is -0.465 e. The van der Waals surface area contributed by atoms with Crippen LogP contribution < -0.4 is 10.1 Å². The monoisotopic (exact) mass is 528 g/mol. The number of urea groups is 1. The molecular formula is C18H21BrClF3N4O4. The predicted octanol–water partition coefficient (Wildman–Crippen LogP) is 4.29. The van der Waals surface area contributed by atoms with Crippen molar-refractivity contribution in [3.05, 3.63) is 21.6 Å². The Morgan fingerprint density at radius 1 is 1.10 bits per heavy atom. The van der Waals surface area contributed by atoms with Crippen molar-refractivity contribution in [2.75, 3.05) is 44.6 Å². The van der Waals surface area contributed by atoms with E-state index in [9.17, 15) is 22.8 Å². The van der Waals surface area contributed by atoms with Crippen LogP contribution in [0, 0.1) is 0 Å². The lowest BCUT2D eigenvalue weighted by atomic mass is 10.0. The van der Waals surface area contributed by atoms with Gasteiger partial charge in [0.15, 0.2) is 0 Å². The van der Waals surface area contributed by atoms with Gasteiger partial charge in [-0.05, 0) is 34.8 Å². The van der Waals surface area contributed by atoms with E-state index in [2.05, 4.69) is 30.9 Å². The van der Waals surface area contributed by atoms with Crippen molar-refractivity contribution in [3.63, 3.8) is 0 Å². The molecule has 8 nitrogen and oxygen atoms in total. The summed E-state index contributed by atoms with van der Waals surface area (Å²) in [6.45, 7) is 3.11. The Morgan fingerprint density at radius 2 is 1.71 bits per heavy atom. The summed E-state index contributed by atoms with van der Waals surface area (Å²) in [5.74, 6) is -0.510. The molecule has 3 amide bonds. The molecular weight excluding hydrogens is 509 g/mol. The van der Waals surface area contributed by atoms with E-state index in [1.165, 1.54) is 11.0 Å². The molecule has 2 aliphatic heterocycles. The van der Waals surface area contributed by atoms with Crippen LogP contribution in [0.4, 0.5) is 28.4 Å². The van der Waals surface area contributed by atoms with Crippen LogP contribution in [-0.2, 0) is 0 Å². The quantitative estimate of drug-likeness (QED) is 0.610. The number of carbonyl (C=O) groups is 2. The van der Waals surface area contributed by atoms with Gasteiger partial charge in [0, 0.05) is 51.4 Å². The molecule has 0 aromatic heterocycles. The molecule has 2 aliphatic rings. The van der Waals surface area contributed by atoms with Crippen molar-refractivity contribution in [2.24, 2.45) is 0 Å². The Balaban J connectivity index is 1.55. The minimum absolute atomic E-state index is 0.00961. The van der Waals surface area contributed by atoms with E-state index in [0.717, 1.165) is 18.9 Å². The van der Waals surface area contributed by atoms with Crippen LogP contribution in [-0.4, -0.2) is 83.6 Å². The molecule has 2 heterocycles. The number of nitrogens with zero attached hydrogens (tertiary/aromatic N) is 3. The maximum Gasteiger partial charge on any atom is 0.573 e. The van der Waals surface area contributed by atoms with E-state index in [0.29, 0.717) is 39.3 Å². The van der Waals surface area contributed by atoms with E-state index in [1.807, 2.05) is 0 Å². The number of amides is 3. The summed E-state index contributed by atoms with van der Waals surface area (Å²) in [6.07, 6.45) is -4.30. The van der Waals surface area contributed by atoms with Crippen molar-refractivity contribution in [3.8, 4) is 5.75 Å². The van der Waals surface area contributed by atoms with Crippen molar-refractivity contribution >= 4 is 45.3 Å². The van der Waals surface area contributed by atoms with Gasteiger partial charge >= 0.3 is 18.5 Å². The number of piperazine rings is 1. The molecule has 0 spiro atoms. The van der Waals surface area contributed by atoms with Gasteiger partial charge in [-0.15, -0.1) is 13.2 Å². The van der Waals surface area contributed by atoms with Gasteiger partial charge in [0.05, 0.1) is 15.2 Å². The Kier molecular flexibility index (Phi) is 7.43. The minimum atomic E-state index is -4.88. The van der Waals surface area contributed by atoms with Crippen LogP contribution in [0.2, 0.25) is 5.02 Å². The first kappa shape index (κ1) is 23.7. The number of anilines is 1. The SMILES string of the molecule is O=C(O)N1CCC(N2CCN(C(=O)Nc3cc(OC(F)(F)F)c(Br)cc3Cl)CC2)CC1. The average Bonchev–Trinajstić information content (AvgIpc) is 2.70. The van der Waals surface area contributed by atoms with E-state index in [1.54, 1.807) is 4.90 Å². The summed E-state index contributed by atoms with van der Waals surface area (Å²) in [7, 11) is 0. The summed E-state index contributed by atoms with van der Waals surface area (Å²) in [5, 5.41) is 11.7. The number of ether oxygens (including phenoxy) is 1. The summed E-state index contributed by atoms with van der Waals surface area (Å²) < 4.78 is 41.6. The van der Waals surface area contributed by atoms with E-state index in [-0.39, 0.29) is 21.2 Å². The lowest BCUT2D eigenvalue weighted by Crippen LogP contribution is -2.55. The standard InChI is InChI=1S/C18H21BrClF3N4O4/c19-12-9-13(20)14(10-15(12)31-18(21,22)23)24-16(28)26-7-5-25(6-8-26)11-1-3-27(4-2-11)17(29)30/h9-11H,1-8H2,(H,24,28)(H,29,30). The third-order valence-corrected chi connectivity index (χ3v) is 6.27. The molecule has 2 fully saturated rings. The number of rotatable bonds is 3. The number of piperidine rings is 1. The number of benzene rings is 1. The van der Waals surface area contributed by atoms with Gasteiger partial charge in [-0.1, -0.05) is 11.6 Å². The van der Waals surface area contributed by atoms with Gasteiger partial charge in [0.25, 0.3) is 0 Å². The normalized spacial score (nSPS) is 18.7. The summed E-state index contributed by atoms with van der Waals surface area (Å²) in [5.41, 5.74) is 0.0117. The number of halogens is 5. The molecule has 0 atom stereocenters. The molecule has 0 radical (unpaired) electrons. The average molecular weight is 530 g/mol. The van der Waals surface area contributed by atoms with Crippen LogP contribution in [0.25, 0.3) is 0 Å². The molecule has 0 aliphatic carbocycles. The van der Waals surface area contributed by atoms with Gasteiger partial charge < -0.3 is 25.0 Å². The smallest absolute Gasteiger partial charge is 0.465 e. The second kappa shape index (κ2) is 9.70. The van der Waals surface area contributed by atoms with Gasteiger partial charge in [-0.25, -0.2) is 9.59 Å². The second-order valence-corrected chi connectivity index (χ2v) is 8.53. The largest absolute Gasteiger partial charge is 0.573 e. The molecule has 0 bridgehead atoms. The Labute approximate surface area is 190 Å². The molecule has 1 aromatic rings. The Hall–Kier alpha value is -1.92. The molecule has 2 saturated heterocycles. The zero-order valence-electron chi connectivity index (χ0n) is 16.3. The molecule has 1 aromatic carbocycles. The fourth-order valence-corrected chi connectivity index (χ4v) is 4.50. The Bertz CT molecular complexity index is 829. The molecule has 0 unspecified atom stereocenters. The van der Waals surface area contributed by atoms with E-state index in [4.69, 9.17) is 16.7 Å². The van der Waals surface area contributed by atoms with Gasteiger partial charge in [0.1, 0.15) is 5.75 Å². The highest BCUT2D eigenvalue weighted by molar-refractivity contribution is 9.10. The highest BCUT2D eigenvalue weighted by Gasteiger charge is 2.33. The van der Waals surface area contributed by atoms with Crippen LogP contribution in [0.1, 0.15) is 12.8 Å². The lowest BCUT2D eigenvalue weighted by molar-refractivity contribution is -0.274. The number of hydrogen-bond acceptors (Lipinski definition) is 4. The van der Waals surface area contributed by atoms with E-state index >= 15 is 0 Å². The summed E-state index contributed by atoms with van der Waals surface area (Å²) in [6, 6.07) is 2.04. The molecule has 172 valence electrons. The van der Waals surface area contributed by atoms with Crippen LogP contribution in [0.5, 0.6) is 5.75 Å². The van der Waals surface area contributed by atoms with Crippen molar-refractivity contribution in [1.29, 1.82) is 0 Å². The number of nitrogens with one attached hydrogen (secondary N) is 1. The van der Waals surface area contributed by atoms with Crippen molar-refractivity contribution in [2.45, 2.75) is 25.2 Å². The maximum absolute atomic E-state index is 12.6. The first-order valence-corrected chi connectivity index (χ1v) is 10.7. The molecule has 13 heteroatoms. The highest BCUT2D eigenvalue weighted by Crippen LogP contribution is 2.37. The zero-order chi connectivity index (χ0) is 22.8. The maximum atomic E-state index is 12.6. The van der Waals surface area contributed by atoms with Gasteiger partial charge in [0.2, 0.25) is 0 Å². The van der Waals surface area contributed by atoms with E-state index < -0.39 is 24.2 Å². The molecule has 2 N–H and O–H groups in total. The topological polar surface area (TPSA) is 85.4 Å². The second-order valence-electron chi connectivity index (χ2n) is 7.26. The third-order valence-electron chi connectivity index (χ3n) is 5.34.